The highest BCUT2D eigenvalue weighted by Crippen LogP contribution is 2.63. The van der Waals surface area contributed by atoms with Crippen LogP contribution in [0.5, 0.6) is 0 Å². The molecule has 9 N–H and O–H groups in total. The van der Waals surface area contributed by atoms with E-state index in [4.69, 9.17) is 28.4 Å². The van der Waals surface area contributed by atoms with Gasteiger partial charge in [-0.25, -0.2) is 0 Å². The fraction of sp³-hybridized carbons (Fsp3) is 0.947. The summed E-state index contributed by atoms with van der Waals surface area (Å²) in [6, 6.07) is 0. The number of aliphatic hydroxyl groups excluding tert-OH is 8. The van der Waals surface area contributed by atoms with Gasteiger partial charge in [0.1, 0.15) is 54.9 Å². The van der Waals surface area contributed by atoms with Crippen molar-refractivity contribution in [2.45, 2.75) is 197 Å². The molecule has 0 aromatic carbocycles. The van der Waals surface area contributed by atoms with E-state index in [9.17, 15) is 46.0 Å². The van der Waals surface area contributed by atoms with Crippen LogP contribution in [0.1, 0.15) is 93.4 Å². The smallest absolute Gasteiger partial charge is 0.187 e. The van der Waals surface area contributed by atoms with Crippen LogP contribution in [-0.4, -0.2) is 156 Å². The van der Waals surface area contributed by atoms with Crippen LogP contribution in [-0.2, 0) is 28.4 Å². The van der Waals surface area contributed by atoms with Gasteiger partial charge in [-0.3, -0.25) is 0 Å². The molecule has 3 aliphatic heterocycles. The second-order valence-corrected chi connectivity index (χ2v) is 17.7. The Morgan fingerprint density at radius 1 is 0.717 bits per heavy atom. The average molecular weight is 763 g/mol. The van der Waals surface area contributed by atoms with E-state index in [-0.39, 0.29) is 29.3 Å². The van der Waals surface area contributed by atoms with E-state index in [0.29, 0.717) is 19.3 Å². The van der Waals surface area contributed by atoms with Crippen molar-refractivity contribution in [3.63, 3.8) is 0 Å². The Bertz CT molecular complexity index is 1240. The molecule has 2 aliphatic carbocycles. The van der Waals surface area contributed by atoms with Crippen molar-refractivity contribution in [3.8, 4) is 0 Å². The third kappa shape index (κ3) is 8.42. The molecule has 2 saturated carbocycles. The molecule has 0 bridgehead atoms. The standard InChI is InChI=1S/C38H66O15/c1-9-36(6,53-34-31(28(44)25(41)20(4)51-34)52-33-30(46)27(43)24(40)19(3)50-33)15-11-22-37(7)14-10-13-35(5,21(37)12-16-38(22,8)47)17-48-32-29(45)26(42)23(39)18(2)49-32/h9,18-34,39-47H,1,10-17H2,2-8H3/t18-,19+,20-,21+,22-,23-,24+,25-,26+,27-,28+,29+,30+,31+,32+,33-,34-,35-,36+,37+,38+/m0/s1. The SMILES string of the molecule is C=C[C@](C)(CC[C@H]1[C@]2(C)CCC[C@@](C)(CO[C@@H]3O[C@@H](C)[C@H](O)[C@@H](O)[C@H]3O)[C@H]2CC[C@@]1(C)O)O[C@@H]1O[C@@H](C)[C@H](O)[C@@H](O)[C@H]1O[C@@H]1O[C@H](C)[C@@H](O)[C@H](O)[C@H]1O. The molecule has 53 heavy (non-hydrogen) atoms. The van der Waals surface area contributed by atoms with E-state index >= 15 is 0 Å². The van der Waals surface area contributed by atoms with Crippen molar-refractivity contribution >= 4 is 0 Å². The minimum atomic E-state index is -1.66. The second-order valence-electron chi connectivity index (χ2n) is 17.7. The number of fused-ring (bicyclic) bond motifs is 1. The quantitative estimate of drug-likeness (QED) is 0.128. The first-order valence-electron chi connectivity index (χ1n) is 19.3. The lowest BCUT2D eigenvalue weighted by Gasteiger charge is -2.62. The molecule has 5 aliphatic rings. The van der Waals surface area contributed by atoms with Gasteiger partial charge in [-0.05, 0) is 95.8 Å². The number of aliphatic hydroxyl groups is 9. The molecular weight excluding hydrogens is 696 g/mol. The first-order chi connectivity index (χ1) is 24.6. The monoisotopic (exact) mass is 762 g/mol. The third-order valence-electron chi connectivity index (χ3n) is 13.6. The molecule has 15 nitrogen and oxygen atoms in total. The normalized spacial score (nSPS) is 53.4. The van der Waals surface area contributed by atoms with Crippen molar-refractivity contribution in [2.75, 3.05) is 6.61 Å². The van der Waals surface area contributed by atoms with Gasteiger partial charge < -0.3 is 74.4 Å². The molecule has 0 aromatic rings. The predicted molar refractivity (Wildman–Crippen MR) is 188 cm³/mol. The van der Waals surface area contributed by atoms with Gasteiger partial charge in [0.25, 0.3) is 0 Å². The number of hydrogen-bond acceptors (Lipinski definition) is 15. The van der Waals surface area contributed by atoms with Crippen LogP contribution in [0.3, 0.4) is 0 Å². The van der Waals surface area contributed by atoms with Crippen molar-refractivity contribution in [1.29, 1.82) is 0 Å². The van der Waals surface area contributed by atoms with Crippen LogP contribution in [0.25, 0.3) is 0 Å². The Hall–Kier alpha value is -0.860. The number of hydrogen-bond donors (Lipinski definition) is 9. The van der Waals surface area contributed by atoms with Crippen LogP contribution in [0, 0.1) is 22.7 Å². The molecule has 15 heteroatoms. The van der Waals surface area contributed by atoms with Crippen molar-refractivity contribution in [2.24, 2.45) is 22.7 Å². The number of rotatable bonds is 11. The predicted octanol–water partition coefficient (Wildman–Crippen LogP) is 0.225. The van der Waals surface area contributed by atoms with E-state index < -0.39 is 103 Å². The van der Waals surface area contributed by atoms with Gasteiger partial charge in [0.05, 0.1) is 36.1 Å². The minimum Gasteiger partial charge on any atom is -0.390 e. The summed E-state index contributed by atoms with van der Waals surface area (Å²) in [5.74, 6) is -0.0516. The summed E-state index contributed by atoms with van der Waals surface area (Å²) in [4.78, 5) is 0. The zero-order valence-electron chi connectivity index (χ0n) is 32.2. The largest absolute Gasteiger partial charge is 0.390 e. The zero-order chi connectivity index (χ0) is 39.4. The third-order valence-corrected chi connectivity index (χ3v) is 13.6. The fourth-order valence-corrected chi connectivity index (χ4v) is 10.1. The molecule has 0 aromatic heterocycles. The minimum absolute atomic E-state index is 0.133. The molecule has 5 rings (SSSR count). The molecule has 308 valence electrons. The van der Waals surface area contributed by atoms with Crippen LogP contribution < -0.4 is 0 Å². The van der Waals surface area contributed by atoms with Gasteiger partial charge in [0.2, 0.25) is 0 Å². The maximum atomic E-state index is 12.0. The van der Waals surface area contributed by atoms with E-state index in [0.717, 1.165) is 25.7 Å². The Labute approximate surface area is 312 Å². The lowest BCUT2D eigenvalue weighted by atomic mass is 9.44. The van der Waals surface area contributed by atoms with E-state index in [1.54, 1.807) is 19.9 Å². The van der Waals surface area contributed by atoms with Gasteiger partial charge in [-0.15, -0.1) is 6.58 Å². The van der Waals surface area contributed by atoms with Crippen LogP contribution in [0.4, 0.5) is 0 Å². The average Bonchev–Trinajstić information content (AvgIpc) is 3.09. The maximum Gasteiger partial charge on any atom is 0.187 e. The summed E-state index contributed by atoms with van der Waals surface area (Å²) in [5.41, 5.74) is -2.76. The summed E-state index contributed by atoms with van der Waals surface area (Å²) in [6.07, 6.45) is -12.7. The maximum absolute atomic E-state index is 12.0. The van der Waals surface area contributed by atoms with E-state index in [2.05, 4.69) is 20.4 Å². The molecular formula is C38H66O15. The van der Waals surface area contributed by atoms with Gasteiger partial charge in [-0.1, -0.05) is 26.3 Å². The van der Waals surface area contributed by atoms with Gasteiger partial charge >= 0.3 is 0 Å². The van der Waals surface area contributed by atoms with Crippen LogP contribution in [0.2, 0.25) is 0 Å². The van der Waals surface area contributed by atoms with E-state index in [1.165, 1.54) is 6.92 Å². The Morgan fingerprint density at radius 3 is 1.83 bits per heavy atom. The lowest BCUT2D eigenvalue weighted by Crippen LogP contribution is -2.64. The van der Waals surface area contributed by atoms with Gasteiger partial charge in [0.15, 0.2) is 18.9 Å². The second kappa shape index (κ2) is 16.2. The summed E-state index contributed by atoms with van der Waals surface area (Å²) >= 11 is 0. The van der Waals surface area contributed by atoms with Crippen molar-refractivity contribution < 1.29 is 74.4 Å². The van der Waals surface area contributed by atoms with Gasteiger partial charge in [-0.2, -0.15) is 0 Å². The highest BCUT2D eigenvalue weighted by atomic mass is 16.8. The molecule has 21 atom stereocenters. The summed E-state index contributed by atoms with van der Waals surface area (Å²) in [5, 5.41) is 96.1. The molecule has 0 amide bonds. The van der Waals surface area contributed by atoms with Crippen LogP contribution >= 0.6 is 0 Å². The first-order valence-corrected chi connectivity index (χ1v) is 19.3. The molecule has 0 spiro atoms. The summed E-state index contributed by atoms with van der Waals surface area (Å²) < 4.78 is 36.0. The topological polar surface area (TPSA) is 237 Å². The van der Waals surface area contributed by atoms with Crippen LogP contribution in [0.15, 0.2) is 12.7 Å². The summed E-state index contributed by atoms with van der Waals surface area (Å²) in [7, 11) is 0. The molecule has 0 radical (unpaired) electrons. The zero-order valence-corrected chi connectivity index (χ0v) is 32.2. The Balaban J connectivity index is 1.31. The highest BCUT2D eigenvalue weighted by molar-refractivity contribution is 5.10. The van der Waals surface area contributed by atoms with Crippen molar-refractivity contribution in [3.05, 3.63) is 12.7 Å². The first kappa shape index (κ1) is 43.3. The van der Waals surface area contributed by atoms with E-state index in [1.807, 2.05) is 13.8 Å². The van der Waals surface area contributed by atoms with Gasteiger partial charge in [0, 0.05) is 0 Å². The molecule has 3 heterocycles. The Kier molecular flexibility index (Phi) is 13.2. The highest BCUT2D eigenvalue weighted by Gasteiger charge is 2.60. The molecule has 3 saturated heterocycles. The summed E-state index contributed by atoms with van der Waals surface area (Å²) in [6.45, 7) is 17.1. The van der Waals surface area contributed by atoms with Crippen molar-refractivity contribution in [1.82, 2.24) is 0 Å². The fourth-order valence-electron chi connectivity index (χ4n) is 10.1. The lowest BCUT2D eigenvalue weighted by molar-refractivity contribution is -0.370. The Morgan fingerprint density at radius 2 is 1.25 bits per heavy atom. The molecule has 5 fully saturated rings. The molecule has 0 unspecified atom stereocenters. The number of ether oxygens (including phenoxy) is 6.